The van der Waals surface area contributed by atoms with E-state index in [0.717, 1.165) is 5.56 Å². The summed E-state index contributed by atoms with van der Waals surface area (Å²) in [5.41, 5.74) is 0.831. The molecule has 0 aliphatic rings. The van der Waals surface area contributed by atoms with Crippen LogP contribution in [0.25, 0.3) is 6.08 Å². The predicted octanol–water partition coefficient (Wildman–Crippen LogP) is 1.86. The van der Waals surface area contributed by atoms with E-state index in [1.807, 2.05) is 6.07 Å². The van der Waals surface area contributed by atoms with Gasteiger partial charge < -0.3 is 18.9 Å². The van der Waals surface area contributed by atoms with Crippen LogP contribution in [0.15, 0.2) is 24.3 Å². The van der Waals surface area contributed by atoms with Gasteiger partial charge in [0.05, 0.1) is 0 Å². The number of rotatable bonds is 8. The Morgan fingerprint density at radius 2 is 1.72 bits per heavy atom. The second-order valence-corrected chi connectivity index (χ2v) is 3.30. The molecular formula is C13H16O5. The lowest BCUT2D eigenvalue weighted by Gasteiger charge is -2.12. The first kappa shape index (κ1) is 14.2. The predicted molar refractivity (Wildman–Crippen MR) is 66.5 cm³/mol. The van der Waals surface area contributed by atoms with Crippen LogP contribution >= 0.6 is 0 Å². The molecule has 5 nitrogen and oxygen atoms in total. The molecule has 0 bridgehead atoms. The highest BCUT2D eigenvalue weighted by atomic mass is 16.7. The maximum absolute atomic E-state index is 10.3. The van der Waals surface area contributed by atoms with E-state index in [0.29, 0.717) is 17.8 Å². The molecule has 1 aromatic carbocycles. The summed E-state index contributed by atoms with van der Waals surface area (Å²) in [5, 5.41) is 0. The number of allylic oxidation sites excluding steroid dienone is 1. The topological polar surface area (TPSA) is 54.0 Å². The molecule has 0 saturated carbocycles. The molecule has 0 aliphatic carbocycles. The summed E-state index contributed by atoms with van der Waals surface area (Å²) >= 11 is 0. The number of carbonyl (C=O) groups is 1. The molecule has 0 aliphatic heterocycles. The number of aldehydes is 1. The average Bonchev–Trinajstić information content (AvgIpc) is 2.41. The highest BCUT2D eigenvalue weighted by molar-refractivity contribution is 5.74. The number of benzene rings is 1. The molecule has 0 amide bonds. The molecule has 5 heteroatoms. The van der Waals surface area contributed by atoms with Gasteiger partial charge in [-0.1, -0.05) is 12.1 Å². The van der Waals surface area contributed by atoms with E-state index in [4.69, 9.17) is 18.9 Å². The Morgan fingerprint density at radius 3 is 2.33 bits per heavy atom. The third-order valence-electron chi connectivity index (χ3n) is 2.00. The van der Waals surface area contributed by atoms with E-state index in [-0.39, 0.29) is 13.6 Å². The van der Waals surface area contributed by atoms with Crippen molar-refractivity contribution >= 4 is 12.4 Å². The van der Waals surface area contributed by atoms with Crippen LogP contribution in [0.2, 0.25) is 0 Å². The Labute approximate surface area is 106 Å². The minimum Gasteiger partial charge on any atom is -0.464 e. The molecule has 0 unspecified atom stereocenters. The Kier molecular flexibility index (Phi) is 6.53. The monoisotopic (exact) mass is 252 g/mol. The van der Waals surface area contributed by atoms with E-state index >= 15 is 0 Å². The van der Waals surface area contributed by atoms with Crippen LogP contribution < -0.4 is 9.47 Å². The third-order valence-corrected chi connectivity index (χ3v) is 2.00. The molecule has 0 fully saturated rings. The smallest absolute Gasteiger partial charge is 0.188 e. The van der Waals surface area contributed by atoms with Crippen LogP contribution in [0.4, 0.5) is 0 Å². The molecule has 98 valence electrons. The van der Waals surface area contributed by atoms with Gasteiger partial charge in [-0.15, -0.1) is 0 Å². The van der Waals surface area contributed by atoms with Crippen molar-refractivity contribution in [1.29, 1.82) is 0 Å². The quantitative estimate of drug-likeness (QED) is 0.401. The van der Waals surface area contributed by atoms with Crippen LogP contribution in [0, 0.1) is 0 Å². The lowest BCUT2D eigenvalue weighted by molar-refractivity contribution is -0.104. The Balaban J connectivity index is 2.88. The van der Waals surface area contributed by atoms with Crippen LogP contribution in [0.5, 0.6) is 11.5 Å². The van der Waals surface area contributed by atoms with Crippen molar-refractivity contribution in [2.45, 2.75) is 0 Å². The third kappa shape index (κ3) is 4.57. The van der Waals surface area contributed by atoms with Gasteiger partial charge in [0.15, 0.2) is 25.1 Å². The van der Waals surface area contributed by atoms with Crippen molar-refractivity contribution in [2.75, 3.05) is 27.8 Å². The SMILES string of the molecule is COCOc1ccc(C=CC=O)cc1OCOC. The van der Waals surface area contributed by atoms with Crippen molar-refractivity contribution in [3.63, 3.8) is 0 Å². The van der Waals surface area contributed by atoms with Crippen molar-refractivity contribution in [3.8, 4) is 11.5 Å². The Morgan fingerprint density at radius 1 is 1.06 bits per heavy atom. The summed E-state index contributed by atoms with van der Waals surface area (Å²) in [6.45, 7) is 0.247. The molecule has 0 heterocycles. The van der Waals surface area contributed by atoms with Gasteiger partial charge in [-0.3, -0.25) is 4.79 Å². The average molecular weight is 252 g/mol. The largest absolute Gasteiger partial charge is 0.464 e. The first-order chi connectivity index (χ1) is 8.81. The van der Waals surface area contributed by atoms with Crippen molar-refractivity contribution in [1.82, 2.24) is 0 Å². The molecule has 0 atom stereocenters. The molecule has 0 spiro atoms. The van der Waals surface area contributed by atoms with E-state index in [1.165, 1.54) is 20.3 Å². The molecular weight excluding hydrogens is 236 g/mol. The summed E-state index contributed by atoms with van der Waals surface area (Å²) in [5.74, 6) is 1.08. The fraction of sp³-hybridized carbons (Fsp3) is 0.308. The summed E-state index contributed by atoms with van der Waals surface area (Å²) in [6.07, 6.45) is 3.79. The molecule has 0 aromatic heterocycles. The molecule has 0 N–H and O–H groups in total. The van der Waals surface area contributed by atoms with Gasteiger partial charge in [0.1, 0.15) is 6.29 Å². The molecule has 1 rings (SSSR count). The van der Waals surface area contributed by atoms with Gasteiger partial charge in [-0.05, 0) is 23.8 Å². The van der Waals surface area contributed by atoms with Gasteiger partial charge in [0.25, 0.3) is 0 Å². The number of carbonyl (C=O) groups excluding carboxylic acids is 1. The van der Waals surface area contributed by atoms with E-state index in [2.05, 4.69) is 0 Å². The van der Waals surface area contributed by atoms with Crippen molar-refractivity contribution in [2.24, 2.45) is 0 Å². The number of ether oxygens (including phenoxy) is 4. The standard InChI is InChI=1S/C13H16O5/c1-15-9-17-12-6-5-11(4-3-7-14)8-13(12)18-10-16-2/h3-8H,9-10H2,1-2H3. The van der Waals surface area contributed by atoms with Crippen molar-refractivity contribution in [3.05, 3.63) is 29.8 Å². The fourth-order valence-electron chi connectivity index (χ4n) is 1.26. The zero-order valence-electron chi connectivity index (χ0n) is 10.4. The highest BCUT2D eigenvalue weighted by Gasteiger charge is 2.05. The first-order valence-electron chi connectivity index (χ1n) is 5.31. The first-order valence-corrected chi connectivity index (χ1v) is 5.31. The van der Waals surface area contributed by atoms with Gasteiger partial charge in [0.2, 0.25) is 0 Å². The van der Waals surface area contributed by atoms with Crippen LogP contribution in [-0.4, -0.2) is 34.1 Å². The van der Waals surface area contributed by atoms with Crippen LogP contribution in [0.3, 0.4) is 0 Å². The lowest BCUT2D eigenvalue weighted by atomic mass is 10.2. The minimum absolute atomic E-state index is 0.115. The van der Waals surface area contributed by atoms with Gasteiger partial charge >= 0.3 is 0 Å². The zero-order chi connectivity index (χ0) is 13.2. The maximum Gasteiger partial charge on any atom is 0.188 e. The number of hydrogen-bond donors (Lipinski definition) is 0. The summed E-state index contributed by atoms with van der Waals surface area (Å²) < 4.78 is 20.4. The lowest BCUT2D eigenvalue weighted by Crippen LogP contribution is -2.04. The fourth-order valence-corrected chi connectivity index (χ4v) is 1.26. The van der Waals surface area contributed by atoms with Gasteiger partial charge in [-0.2, -0.15) is 0 Å². The second kappa shape index (κ2) is 8.27. The van der Waals surface area contributed by atoms with Crippen LogP contribution in [-0.2, 0) is 14.3 Å². The Bertz CT molecular complexity index is 400. The molecule has 18 heavy (non-hydrogen) atoms. The minimum atomic E-state index is 0.115. The van der Waals surface area contributed by atoms with Crippen molar-refractivity contribution < 1.29 is 23.7 Å². The zero-order valence-corrected chi connectivity index (χ0v) is 10.4. The summed E-state index contributed by atoms with van der Waals surface area (Å²) in [7, 11) is 3.07. The maximum atomic E-state index is 10.3. The van der Waals surface area contributed by atoms with Gasteiger partial charge in [-0.25, -0.2) is 0 Å². The molecule has 0 radical (unpaired) electrons. The highest BCUT2D eigenvalue weighted by Crippen LogP contribution is 2.29. The Hall–Kier alpha value is -1.85. The van der Waals surface area contributed by atoms with Gasteiger partial charge in [0, 0.05) is 14.2 Å². The summed E-state index contributed by atoms with van der Waals surface area (Å²) in [4.78, 5) is 10.3. The molecule has 0 saturated heterocycles. The number of hydrogen-bond acceptors (Lipinski definition) is 5. The number of methoxy groups -OCH3 is 2. The van der Waals surface area contributed by atoms with E-state index < -0.39 is 0 Å². The van der Waals surface area contributed by atoms with E-state index in [1.54, 1.807) is 18.2 Å². The molecule has 1 aromatic rings. The van der Waals surface area contributed by atoms with E-state index in [9.17, 15) is 4.79 Å². The second-order valence-electron chi connectivity index (χ2n) is 3.30. The summed E-state index contributed by atoms with van der Waals surface area (Å²) in [6, 6.07) is 5.31. The normalized spacial score (nSPS) is 10.6. The van der Waals surface area contributed by atoms with Crippen LogP contribution in [0.1, 0.15) is 5.56 Å².